The van der Waals surface area contributed by atoms with Crippen molar-refractivity contribution in [3.05, 3.63) is 79.2 Å². The molecule has 2 heterocycles. The van der Waals surface area contributed by atoms with Gasteiger partial charge in [0.2, 0.25) is 0 Å². The smallest absolute Gasteiger partial charge is 0.256 e. The summed E-state index contributed by atoms with van der Waals surface area (Å²) in [5, 5.41) is 0.798. The Kier molecular flexibility index (Phi) is 5.06. The van der Waals surface area contributed by atoms with Gasteiger partial charge in [0.05, 0.1) is 34.7 Å². The number of nitrogens with zero attached hydrogens (tertiary/aromatic N) is 1. The van der Waals surface area contributed by atoms with Gasteiger partial charge in [-0.25, -0.2) is 8.78 Å². The maximum atomic E-state index is 14.0. The minimum Gasteiger partial charge on any atom is -0.373 e. The summed E-state index contributed by atoms with van der Waals surface area (Å²) < 4.78 is 33.2. The summed E-state index contributed by atoms with van der Waals surface area (Å²) in [7, 11) is 1.56. The first-order valence-corrected chi connectivity index (χ1v) is 9.37. The molecular weight excluding hydrogens is 425 g/mol. The van der Waals surface area contributed by atoms with Gasteiger partial charge < -0.3 is 14.6 Å². The van der Waals surface area contributed by atoms with Gasteiger partial charge in [0.15, 0.2) is 11.6 Å². The van der Waals surface area contributed by atoms with Gasteiger partial charge >= 0.3 is 0 Å². The number of halogens is 4. The fraction of sp³-hybridized carbons (Fsp3) is 0.200. The van der Waals surface area contributed by atoms with Crippen LogP contribution in [-0.2, 0) is 11.3 Å². The molecule has 0 bridgehead atoms. The van der Waals surface area contributed by atoms with Crippen molar-refractivity contribution in [2.45, 2.75) is 12.6 Å². The summed E-state index contributed by atoms with van der Waals surface area (Å²) in [6.45, 7) is 0.210. The zero-order valence-corrected chi connectivity index (χ0v) is 16.6. The highest BCUT2D eigenvalue weighted by molar-refractivity contribution is 6.42. The number of pyridine rings is 1. The zero-order valence-electron chi connectivity index (χ0n) is 15.1. The van der Waals surface area contributed by atoms with Gasteiger partial charge in [-0.15, -0.1) is 0 Å². The Balaban J connectivity index is 1.84. The van der Waals surface area contributed by atoms with E-state index in [9.17, 15) is 18.4 Å². The summed E-state index contributed by atoms with van der Waals surface area (Å²) in [4.78, 5) is 29.4. The van der Waals surface area contributed by atoms with E-state index in [-0.39, 0.29) is 34.9 Å². The maximum Gasteiger partial charge on any atom is 0.256 e. The normalized spacial score (nSPS) is 16.0. The summed E-state index contributed by atoms with van der Waals surface area (Å²) in [5.41, 5.74) is 0.680. The molecule has 0 saturated heterocycles. The van der Waals surface area contributed by atoms with Crippen LogP contribution < -0.4 is 5.56 Å². The van der Waals surface area contributed by atoms with Crippen molar-refractivity contribution in [3.63, 3.8) is 0 Å². The average molecular weight is 439 g/mol. The van der Waals surface area contributed by atoms with Crippen molar-refractivity contribution in [1.29, 1.82) is 0 Å². The molecule has 4 rings (SSSR count). The fourth-order valence-electron chi connectivity index (χ4n) is 3.52. The molecule has 2 aromatic carbocycles. The number of hydrogen-bond acceptors (Lipinski definition) is 3. The van der Waals surface area contributed by atoms with E-state index in [0.29, 0.717) is 21.8 Å². The number of fused-ring (bicyclic) bond motifs is 3. The molecule has 5 nitrogen and oxygen atoms in total. The molecule has 0 fully saturated rings. The SMILES string of the molecule is CN(C(=O)c1ccc(Cl)c(Cl)c1)[C@@H]1COCc2[nH]c(=O)c3cc(F)c(F)cc3c21. The van der Waals surface area contributed by atoms with Gasteiger partial charge in [-0.05, 0) is 35.7 Å². The van der Waals surface area contributed by atoms with Crippen LogP contribution >= 0.6 is 23.2 Å². The van der Waals surface area contributed by atoms with Crippen LogP contribution in [0.25, 0.3) is 10.8 Å². The van der Waals surface area contributed by atoms with Crippen LogP contribution in [0.2, 0.25) is 10.0 Å². The third kappa shape index (κ3) is 3.39. The number of rotatable bonds is 2. The Morgan fingerprint density at radius 3 is 2.52 bits per heavy atom. The zero-order chi connectivity index (χ0) is 20.9. The lowest BCUT2D eigenvalue weighted by Crippen LogP contribution is -2.37. The van der Waals surface area contributed by atoms with E-state index in [2.05, 4.69) is 4.98 Å². The third-order valence-electron chi connectivity index (χ3n) is 4.99. The summed E-state index contributed by atoms with van der Waals surface area (Å²) >= 11 is 11.9. The second-order valence-corrected chi connectivity index (χ2v) is 7.55. The number of benzene rings is 2. The molecular formula is C20H14Cl2F2N2O3. The Morgan fingerprint density at radius 2 is 1.83 bits per heavy atom. The Morgan fingerprint density at radius 1 is 1.14 bits per heavy atom. The van der Waals surface area contributed by atoms with Crippen LogP contribution in [0, 0.1) is 11.6 Å². The summed E-state index contributed by atoms with van der Waals surface area (Å²) in [6, 6.07) is 5.71. The van der Waals surface area contributed by atoms with Crippen molar-refractivity contribution in [2.24, 2.45) is 0 Å². The standard InChI is InChI=1S/C20H14Cl2F2N2O3/c1-26(20(28)9-2-3-12(21)13(22)4-9)17-8-29-7-16-18(17)10-5-14(23)15(24)6-11(10)19(27)25-16/h2-6,17H,7-8H2,1H3,(H,25,27)/t17-/m1/s1. The van der Waals surface area contributed by atoms with E-state index in [4.69, 9.17) is 27.9 Å². The minimum atomic E-state index is -1.12. The molecule has 1 N–H and O–H groups in total. The molecule has 29 heavy (non-hydrogen) atoms. The molecule has 0 aliphatic carbocycles. The van der Waals surface area contributed by atoms with Gasteiger partial charge in [0, 0.05) is 23.9 Å². The van der Waals surface area contributed by atoms with E-state index >= 15 is 0 Å². The number of carbonyl (C=O) groups is 1. The van der Waals surface area contributed by atoms with Gasteiger partial charge in [0.1, 0.15) is 0 Å². The van der Waals surface area contributed by atoms with Gasteiger partial charge in [-0.1, -0.05) is 23.2 Å². The summed E-state index contributed by atoms with van der Waals surface area (Å²) in [5.74, 6) is -2.56. The molecule has 9 heteroatoms. The first kappa shape index (κ1) is 19.8. The number of amides is 1. The molecule has 1 aromatic heterocycles. The number of ether oxygens (including phenoxy) is 1. The monoisotopic (exact) mass is 438 g/mol. The first-order valence-electron chi connectivity index (χ1n) is 8.61. The molecule has 1 aliphatic rings. The van der Waals surface area contributed by atoms with Crippen molar-refractivity contribution >= 4 is 39.9 Å². The molecule has 1 atom stereocenters. The van der Waals surface area contributed by atoms with E-state index in [1.165, 1.54) is 23.1 Å². The number of aromatic nitrogens is 1. The number of carbonyl (C=O) groups excluding carboxylic acids is 1. The first-order chi connectivity index (χ1) is 13.8. The van der Waals surface area contributed by atoms with Crippen LogP contribution in [0.4, 0.5) is 8.78 Å². The molecule has 1 amide bonds. The van der Waals surface area contributed by atoms with E-state index in [1.807, 2.05) is 0 Å². The highest BCUT2D eigenvalue weighted by atomic mass is 35.5. The van der Waals surface area contributed by atoms with E-state index in [1.54, 1.807) is 7.05 Å². The lowest BCUT2D eigenvalue weighted by Gasteiger charge is -2.34. The van der Waals surface area contributed by atoms with Gasteiger partial charge in [0.25, 0.3) is 11.5 Å². The number of aromatic amines is 1. The Bertz CT molecular complexity index is 1210. The van der Waals surface area contributed by atoms with Crippen LogP contribution in [0.3, 0.4) is 0 Å². The predicted molar refractivity (Wildman–Crippen MR) is 105 cm³/mol. The lowest BCUT2D eigenvalue weighted by atomic mass is 9.95. The number of nitrogens with one attached hydrogen (secondary N) is 1. The Hall–Kier alpha value is -2.48. The number of likely N-dealkylation sites (N-methyl/N-ethyl adjacent to an activating group) is 1. The quantitative estimate of drug-likeness (QED) is 0.642. The van der Waals surface area contributed by atoms with Crippen molar-refractivity contribution in [2.75, 3.05) is 13.7 Å². The Labute approximate surface area is 173 Å². The molecule has 0 saturated carbocycles. The van der Waals surface area contributed by atoms with Crippen molar-refractivity contribution in [3.8, 4) is 0 Å². The van der Waals surface area contributed by atoms with Crippen molar-refractivity contribution in [1.82, 2.24) is 9.88 Å². The van der Waals surface area contributed by atoms with Gasteiger partial charge in [-0.3, -0.25) is 9.59 Å². The average Bonchev–Trinajstić information content (AvgIpc) is 2.70. The minimum absolute atomic E-state index is 0.00457. The predicted octanol–water partition coefficient (Wildman–Crippen LogP) is 4.46. The molecule has 0 spiro atoms. The fourth-order valence-corrected chi connectivity index (χ4v) is 3.82. The maximum absolute atomic E-state index is 14.0. The molecule has 150 valence electrons. The van der Waals surface area contributed by atoms with Crippen LogP contribution in [0.5, 0.6) is 0 Å². The van der Waals surface area contributed by atoms with Crippen LogP contribution in [-0.4, -0.2) is 29.4 Å². The van der Waals surface area contributed by atoms with Crippen LogP contribution in [0.15, 0.2) is 35.1 Å². The molecule has 0 unspecified atom stereocenters. The topological polar surface area (TPSA) is 62.4 Å². The molecule has 0 radical (unpaired) electrons. The van der Waals surface area contributed by atoms with E-state index in [0.717, 1.165) is 12.1 Å². The highest BCUT2D eigenvalue weighted by Gasteiger charge is 2.31. The molecule has 3 aromatic rings. The van der Waals surface area contributed by atoms with Crippen LogP contribution in [0.1, 0.15) is 27.7 Å². The van der Waals surface area contributed by atoms with E-state index < -0.39 is 23.2 Å². The number of H-pyrrole nitrogens is 1. The number of hydrogen-bond donors (Lipinski definition) is 1. The second-order valence-electron chi connectivity index (χ2n) is 6.73. The largest absolute Gasteiger partial charge is 0.373 e. The highest BCUT2D eigenvalue weighted by Crippen LogP contribution is 2.34. The summed E-state index contributed by atoms with van der Waals surface area (Å²) in [6.07, 6.45) is 0. The molecule has 1 aliphatic heterocycles. The third-order valence-corrected chi connectivity index (χ3v) is 5.73. The van der Waals surface area contributed by atoms with Crippen molar-refractivity contribution < 1.29 is 18.3 Å². The second kappa shape index (κ2) is 7.40. The lowest BCUT2D eigenvalue weighted by molar-refractivity contribution is 0.0335. The van der Waals surface area contributed by atoms with Gasteiger partial charge in [-0.2, -0.15) is 0 Å².